The zero-order chi connectivity index (χ0) is 8.97. The van der Waals surface area contributed by atoms with Gasteiger partial charge in [-0.05, 0) is 33.4 Å². The zero-order valence-corrected chi connectivity index (χ0v) is 7.99. The number of nitrogens with zero attached hydrogens (tertiary/aromatic N) is 2. The van der Waals surface area contributed by atoms with Gasteiger partial charge < -0.3 is 5.32 Å². The Labute approximate surface area is 73.8 Å². The van der Waals surface area contributed by atoms with Crippen molar-refractivity contribution in [2.24, 2.45) is 0 Å². The van der Waals surface area contributed by atoms with Crippen LogP contribution in [0.4, 0.5) is 0 Å². The minimum atomic E-state index is 0.474. The Morgan fingerprint density at radius 2 is 2.25 bits per heavy atom. The summed E-state index contributed by atoms with van der Waals surface area (Å²) in [7, 11) is 1.99. The van der Waals surface area contributed by atoms with E-state index >= 15 is 0 Å². The van der Waals surface area contributed by atoms with Crippen molar-refractivity contribution in [3.05, 3.63) is 18.5 Å². The summed E-state index contributed by atoms with van der Waals surface area (Å²) in [4.78, 5) is 0. The third-order valence-electron chi connectivity index (χ3n) is 2.16. The predicted molar refractivity (Wildman–Crippen MR) is 50.1 cm³/mol. The highest BCUT2D eigenvalue weighted by Gasteiger charge is 2.07. The van der Waals surface area contributed by atoms with Gasteiger partial charge in [0.25, 0.3) is 0 Å². The van der Waals surface area contributed by atoms with E-state index < -0.39 is 0 Å². The number of hydrogen-bond donors (Lipinski definition) is 1. The van der Waals surface area contributed by atoms with Gasteiger partial charge in [0.15, 0.2) is 0 Å². The number of rotatable bonds is 4. The van der Waals surface area contributed by atoms with Gasteiger partial charge in [0.2, 0.25) is 0 Å². The number of nitrogens with one attached hydrogen (secondary N) is 1. The van der Waals surface area contributed by atoms with Gasteiger partial charge in [-0.2, -0.15) is 5.10 Å². The largest absolute Gasteiger partial charge is 0.317 e. The first kappa shape index (κ1) is 9.26. The molecule has 0 saturated heterocycles. The SMILES string of the molecule is CNC(C)CC(C)n1cccn1. The highest BCUT2D eigenvalue weighted by atomic mass is 15.3. The fourth-order valence-electron chi connectivity index (χ4n) is 1.28. The van der Waals surface area contributed by atoms with Crippen molar-refractivity contribution in [1.82, 2.24) is 15.1 Å². The van der Waals surface area contributed by atoms with Crippen molar-refractivity contribution in [3.8, 4) is 0 Å². The Hall–Kier alpha value is -0.830. The lowest BCUT2D eigenvalue weighted by atomic mass is 10.1. The van der Waals surface area contributed by atoms with E-state index in [4.69, 9.17) is 0 Å². The van der Waals surface area contributed by atoms with Gasteiger partial charge in [-0.1, -0.05) is 0 Å². The molecule has 1 N–H and O–H groups in total. The van der Waals surface area contributed by atoms with Crippen LogP contribution in [0.2, 0.25) is 0 Å². The van der Waals surface area contributed by atoms with Crippen LogP contribution >= 0.6 is 0 Å². The van der Waals surface area contributed by atoms with Gasteiger partial charge in [-0.15, -0.1) is 0 Å². The Balaban J connectivity index is 2.44. The second kappa shape index (κ2) is 4.26. The highest BCUT2D eigenvalue weighted by molar-refractivity contribution is 4.81. The number of hydrogen-bond acceptors (Lipinski definition) is 2. The molecule has 0 aliphatic carbocycles. The van der Waals surface area contributed by atoms with Gasteiger partial charge in [0.05, 0.1) is 6.04 Å². The van der Waals surface area contributed by atoms with Gasteiger partial charge in [-0.25, -0.2) is 0 Å². The Kier molecular flexibility index (Phi) is 3.29. The molecule has 0 aliphatic rings. The first-order valence-corrected chi connectivity index (χ1v) is 4.40. The van der Waals surface area contributed by atoms with Crippen LogP contribution in [0, 0.1) is 0 Å². The maximum absolute atomic E-state index is 4.19. The summed E-state index contributed by atoms with van der Waals surface area (Å²) < 4.78 is 1.99. The van der Waals surface area contributed by atoms with Crippen LogP contribution in [-0.4, -0.2) is 22.9 Å². The van der Waals surface area contributed by atoms with E-state index in [2.05, 4.69) is 24.3 Å². The standard InChI is InChI=1S/C9H17N3/c1-8(10-3)7-9(2)12-6-4-5-11-12/h4-6,8-10H,7H2,1-3H3. The molecular weight excluding hydrogens is 150 g/mol. The summed E-state index contributed by atoms with van der Waals surface area (Å²) in [6.45, 7) is 4.36. The molecule has 2 atom stereocenters. The normalized spacial score (nSPS) is 15.9. The molecule has 0 aromatic carbocycles. The molecule has 0 amide bonds. The molecular formula is C9H17N3. The molecule has 0 bridgehead atoms. The molecule has 1 aromatic heterocycles. The van der Waals surface area contributed by atoms with E-state index in [1.165, 1.54) is 0 Å². The second-order valence-corrected chi connectivity index (χ2v) is 3.26. The minimum absolute atomic E-state index is 0.474. The molecule has 0 fully saturated rings. The summed E-state index contributed by atoms with van der Waals surface area (Å²) in [5.41, 5.74) is 0. The van der Waals surface area contributed by atoms with Crippen LogP contribution in [0.25, 0.3) is 0 Å². The predicted octanol–water partition coefficient (Wildman–Crippen LogP) is 1.44. The van der Waals surface area contributed by atoms with Gasteiger partial charge in [0.1, 0.15) is 0 Å². The lowest BCUT2D eigenvalue weighted by Gasteiger charge is -2.16. The zero-order valence-electron chi connectivity index (χ0n) is 7.99. The molecule has 0 saturated carbocycles. The van der Waals surface area contributed by atoms with E-state index in [1.54, 1.807) is 0 Å². The van der Waals surface area contributed by atoms with Crippen molar-refractivity contribution in [3.63, 3.8) is 0 Å². The molecule has 0 aliphatic heterocycles. The average molecular weight is 167 g/mol. The third kappa shape index (κ3) is 2.34. The minimum Gasteiger partial charge on any atom is -0.317 e. The third-order valence-corrected chi connectivity index (χ3v) is 2.16. The Morgan fingerprint density at radius 1 is 1.50 bits per heavy atom. The maximum atomic E-state index is 4.19. The summed E-state index contributed by atoms with van der Waals surface area (Å²) >= 11 is 0. The first-order chi connectivity index (χ1) is 5.74. The molecule has 2 unspecified atom stereocenters. The van der Waals surface area contributed by atoms with Crippen LogP contribution in [0.5, 0.6) is 0 Å². The van der Waals surface area contributed by atoms with Gasteiger partial charge in [-0.3, -0.25) is 4.68 Å². The fraction of sp³-hybridized carbons (Fsp3) is 0.667. The maximum Gasteiger partial charge on any atom is 0.0505 e. The fourth-order valence-corrected chi connectivity index (χ4v) is 1.28. The molecule has 0 spiro atoms. The molecule has 68 valence electrons. The lowest BCUT2D eigenvalue weighted by Crippen LogP contribution is -2.24. The van der Waals surface area contributed by atoms with Crippen LogP contribution < -0.4 is 5.32 Å². The summed E-state index contributed by atoms with van der Waals surface area (Å²) in [5, 5.41) is 7.41. The molecule has 1 heterocycles. The molecule has 1 rings (SSSR count). The van der Waals surface area contributed by atoms with E-state index in [1.807, 2.05) is 30.2 Å². The van der Waals surface area contributed by atoms with Gasteiger partial charge >= 0.3 is 0 Å². The average Bonchev–Trinajstić information content (AvgIpc) is 2.56. The van der Waals surface area contributed by atoms with E-state index in [0.717, 1.165) is 6.42 Å². The van der Waals surface area contributed by atoms with Crippen molar-refractivity contribution in [2.45, 2.75) is 32.4 Å². The monoisotopic (exact) mass is 167 g/mol. The van der Waals surface area contributed by atoms with E-state index in [0.29, 0.717) is 12.1 Å². The highest BCUT2D eigenvalue weighted by Crippen LogP contribution is 2.10. The van der Waals surface area contributed by atoms with Crippen molar-refractivity contribution in [2.75, 3.05) is 7.05 Å². The second-order valence-electron chi connectivity index (χ2n) is 3.26. The quantitative estimate of drug-likeness (QED) is 0.735. The number of aromatic nitrogens is 2. The summed E-state index contributed by atoms with van der Waals surface area (Å²) in [6, 6.07) is 2.98. The van der Waals surface area contributed by atoms with Crippen LogP contribution in [0.15, 0.2) is 18.5 Å². The van der Waals surface area contributed by atoms with Crippen LogP contribution in [-0.2, 0) is 0 Å². The van der Waals surface area contributed by atoms with Crippen molar-refractivity contribution in [1.29, 1.82) is 0 Å². The molecule has 1 aromatic rings. The Morgan fingerprint density at radius 3 is 2.75 bits per heavy atom. The molecule has 12 heavy (non-hydrogen) atoms. The van der Waals surface area contributed by atoms with Crippen LogP contribution in [0.1, 0.15) is 26.3 Å². The topological polar surface area (TPSA) is 29.9 Å². The molecule has 3 heteroatoms. The van der Waals surface area contributed by atoms with E-state index in [9.17, 15) is 0 Å². The lowest BCUT2D eigenvalue weighted by molar-refractivity contribution is 0.403. The van der Waals surface area contributed by atoms with E-state index in [-0.39, 0.29) is 0 Å². The Bertz CT molecular complexity index is 206. The summed E-state index contributed by atoms with van der Waals surface area (Å²) in [5.74, 6) is 0. The summed E-state index contributed by atoms with van der Waals surface area (Å²) in [6.07, 6.45) is 4.94. The molecule has 3 nitrogen and oxygen atoms in total. The first-order valence-electron chi connectivity index (χ1n) is 4.40. The van der Waals surface area contributed by atoms with Crippen LogP contribution in [0.3, 0.4) is 0 Å². The van der Waals surface area contributed by atoms with Crippen molar-refractivity contribution >= 4 is 0 Å². The van der Waals surface area contributed by atoms with Gasteiger partial charge in [0, 0.05) is 18.4 Å². The van der Waals surface area contributed by atoms with Crippen molar-refractivity contribution < 1.29 is 0 Å². The molecule has 0 radical (unpaired) electrons. The smallest absolute Gasteiger partial charge is 0.0505 e.